The molecule has 1 spiro atoms. The van der Waals surface area contributed by atoms with E-state index in [0.29, 0.717) is 18.7 Å². The number of nitrogens with zero attached hydrogens (tertiary/aromatic N) is 2. The molecule has 2 aromatic rings. The normalized spacial score (nSPS) is 20.3. The minimum absolute atomic E-state index is 0.292. The van der Waals surface area contributed by atoms with E-state index in [1.165, 1.54) is 4.90 Å². The minimum Gasteiger partial charge on any atom is -0.319 e. The van der Waals surface area contributed by atoms with Crippen LogP contribution in [-0.4, -0.2) is 35.8 Å². The van der Waals surface area contributed by atoms with Gasteiger partial charge in [-0.05, 0) is 42.5 Å². The third-order valence-corrected chi connectivity index (χ3v) is 5.62. The van der Waals surface area contributed by atoms with Crippen molar-refractivity contribution >= 4 is 23.5 Å². The zero-order chi connectivity index (χ0) is 20.4. The van der Waals surface area contributed by atoms with Gasteiger partial charge in [0.1, 0.15) is 12.1 Å². The van der Waals surface area contributed by atoms with Crippen molar-refractivity contribution in [2.75, 3.05) is 18.0 Å². The second-order valence-corrected chi connectivity index (χ2v) is 7.37. The van der Waals surface area contributed by atoms with Gasteiger partial charge in [-0.3, -0.25) is 14.5 Å². The number of carbonyl (C=O) groups is 3. The number of hydrogen-bond donors (Lipinski definition) is 1. The summed E-state index contributed by atoms with van der Waals surface area (Å²) < 4.78 is 0. The number of carbonyl (C=O) groups excluding carboxylic acids is 3. The lowest BCUT2D eigenvalue weighted by molar-refractivity contribution is -0.135. The highest BCUT2D eigenvalue weighted by Crippen LogP contribution is 2.39. The number of fused-ring (bicyclic) bond motifs is 2. The Morgan fingerprint density at radius 2 is 1.86 bits per heavy atom. The van der Waals surface area contributed by atoms with Gasteiger partial charge in [0, 0.05) is 12.2 Å². The molecule has 148 valence electrons. The van der Waals surface area contributed by atoms with E-state index in [9.17, 15) is 14.4 Å². The molecule has 0 unspecified atom stereocenters. The zero-order valence-corrected chi connectivity index (χ0v) is 16.1. The van der Waals surface area contributed by atoms with Gasteiger partial charge in [-0.25, -0.2) is 4.79 Å². The molecule has 0 radical (unpaired) electrons. The Morgan fingerprint density at radius 1 is 1.14 bits per heavy atom. The predicted molar refractivity (Wildman–Crippen MR) is 110 cm³/mol. The van der Waals surface area contributed by atoms with E-state index in [-0.39, 0.29) is 18.4 Å². The fourth-order valence-electron chi connectivity index (χ4n) is 4.26. The first kappa shape index (κ1) is 18.9. The summed E-state index contributed by atoms with van der Waals surface area (Å²) in [7, 11) is 0. The van der Waals surface area contributed by atoms with Crippen LogP contribution in [0.25, 0.3) is 0 Å². The molecule has 4 rings (SSSR count). The lowest BCUT2D eigenvalue weighted by Gasteiger charge is -2.33. The number of aryl methyl sites for hydroxylation is 1. The molecule has 1 atom stereocenters. The number of anilines is 1. The number of hydrogen-bond acceptors (Lipinski definition) is 3. The summed E-state index contributed by atoms with van der Waals surface area (Å²) in [5, 5.41) is 2.89. The number of nitrogens with one attached hydrogen (secondary N) is 1. The fraction of sp³-hybridized carbons (Fsp3) is 0.261. The lowest BCUT2D eigenvalue weighted by Crippen LogP contribution is -2.47. The molecule has 1 fully saturated rings. The molecule has 1 heterocycles. The Balaban J connectivity index is 1.60. The van der Waals surface area contributed by atoms with E-state index in [1.807, 2.05) is 54.6 Å². The van der Waals surface area contributed by atoms with E-state index in [2.05, 4.69) is 11.9 Å². The molecule has 1 N–H and O–H groups in total. The number of rotatable bonds is 5. The van der Waals surface area contributed by atoms with Crippen LogP contribution < -0.4 is 10.2 Å². The maximum atomic E-state index is 13.4. The van der Waals surface area contributed by atoms with Gasteiger partial charge in [0.05, 0.1) is 0 Å². The average molecular weight is 389 g/mol. The summed E-state index contributed by atoms with van der Waals surface area (Å²) in [5.41, 5.74) is 1.54. The van der Waals surface area contributed by atoms with E-state index < -0.39 is 11.6 Å². The first-order valence-corrected chi connectivity index (χ1v) is 9.75. The smallest absolute Gasteiger partial charge is 0.319 e. The van der Waals surface area contributed by atoms with Crippen LogP contribution in [0.3, 0.4) is 0 Å². The summed E-state index contributed by atoms with van der Waals surface area (Å²) in [6.07, 6.45) is 3.84. The van der Waals surface area contributed by atoms with Gasteiger partial charge in [-0.2, -0.15) is 0 Å². The van der Waals surface area contributed by atoms with Crippen molar-refractivity contribution < 1.29 is 14.4 Å². The summed E-state index contributed by atoms with van der Waals surface area (Å²) >= 11 is 0. The second-order valence-electron chi connectivity index (χ2n) is 7.37. The van der Waals surface area contributed by atoms with E-state index in [1.54, 1.807) is 6.08 Å². The predicted octanol–water partition coefficient (Wildman–Crippen LogP) is 2.99. The maximum Gasteiger partial charge on any atom is 0.325 e. The molecule has 29 heavy (non-hydrogen) atoms. The molecule has 0 bridgehead atoms. The van der Waals surface area contributed by atoms with Crippen molar-refractivity contribution in [2.24, 2.45) is 0 Å². The quantitative estimate of drug-likeness (QED) is 0.631. The highest BCUT2D eigenvalue weighted by molar-refractivity contribution is 6.11. The molecule has 1 saturated heterocycles. The number of urea groups is 1. The van der Waals surface area contributed by atoms with Crippen LogP contribution in [0.2, 0.25) is 0 Å². The molecule has 0 aromatic heterocycles. The third-order valence-electron chi connectivity index (χ3n) is 5.62. The molecule has 0 saturated carbocycles. The Bertz CT molecular complexity index is 972. The highest BCUT2D eigenvalue weighted by Gasteiger charge is 2.54. The third kappa shape index (κ3) is 3.20. The maximum absolute atomic E-state index is 13.4. The molecule has 6 heteroatoms. The van der Waals surface area contributed by atoms with Gasteiger partial charge >= 0.3 is 6.03 Å². The second kappa shape index (κ2) is 7.54. The number of imide groups is 1. The lowest BCUT2D eigenvalue weighted by atomic mass is 9.76. The first-order chi connectivity index (χ1) is 14.1. The summed E-state index contributed by atoms with van der Waals surface area (Å²) in [4.78, 5) is 41.7. The van der Waals surface area contributed by atoms with Crippen LogP contribution in [0.5, 0.6) is 0 Å². The molecule has 1 aliphatic heterocycles. The van der Waals surface area contributed by atoms with E-state index >= 15 is 0 Å². The van der Waals surface area contributed by atoms with Crippen LogP contribution in [0.1, 0.15) is 24.0 Å². The van der Waals surface area contributed by atoms with E-state index in [4.69, 9.17) is 0 Å². The molecule has 1 aliphatic carbocycles. The van der Waals surface area contributed by atoms with Crippen LogP contribution in [0.15, 0.2) is 67.3 Å². The monoisotopic (exact) mass is 389 g/mol. The largest absolute Gasteiger partial charge is 0.325 e. The molecule has 6 nitrogen and oxygen atoms in total. The van der Waals surface area contributed by atoms with Gasteiger partial charge in [-0.1, -0.05) is 48.5 Å². The van der Waals surface area contributed by atoms with Crippen molar-refractivity contribution in [2.45, 2.75) is 24.8 Å². The van der Waals surface area contributed by atoms with Gasteiger partial charge in [0.2, 0.25) is 5.91 Å². The fourth-order valence-corrected chi connectivity index (χ4v) is 4.26. The Kier molecular flexibility index (Phi) is 4.92. The standard InChI is InChI=1S/C23H23N3O3/c1-2-15-25(18-11-4-3-5-12-18)20(27)16-26-21(28)23(24-22(26)29)14-8-10-17-9-6-7-13-19(17)23/h2-7,9,11-13H,1,8,10,14-16H2,(H,24,29)/t23-/m0/s1. The zero-order valence-electron chi connectivity index (χ0n) is 16.1. The molecular formula is C23H23N3O3. The molecule has 2 aliphatic rings. The number of amides is 4. The van der Waals surface area contributed by atoms with Crippen molar-refractivity contribution in [1.29, 1.82) is 0 Å². The number of benzene rings is 2. The van der Waals surface area contributed by atoms with Gasteiger partial charge in [0.25, 0.3) is 5.91 Å². The Morgan fingerprint density at radius 3 is 2.62 bits per heavy atom. The number of para-hydroxylation sites is 1. The van der Waals surface area contributed by atoms with Crippen molar-refractivity contribution in [3.05, 3.63) is 78.4 Å². The van der Waals surface area contributed by atoms with Crippen molar-refractivity contribution in [3.63, 3.8) is 0 Å². The van der Waals surface area contributed by atoms with Crippen molar-refractivity contribution in [1.82, 2.24) is 10.2 Å². The Hall–Kier alpha value is -3.41. The van der Waals surface area contributed by atoms with Crippen molar-refractivity contribution in [3.8, 4) is 0 Å². The summed E-state index contributed by atoms with van der Waals surface area (Å²) in [6, 6.07) is 16.3. The average Bonchev–Trinajstić information content (AvgIpc) is 2.97. The van der Waals surface area contributed by atoms with Crippen LogP contribution >= 0.6 is 0 Å². The van der Waals surface area contributed by atoms with Gasteiger partial charge < -0.3 is 10.2 Å². The molecule has 2 aromatic carbocycles. The summed E-state index contributed by atoms with van der Waals surface area (Å²) in [5.74, 6) is -0.685. The van der Waals surface area contributed by atoms with Gasteiger partial charge in [0.15, 0.2) is 0 Å². The van der Waals surface area contributed by atoms with Crippen LogP contribution in [0, 0.1) is 0 Å². The van der Waals surface area contributed by atoms with Crippen LogP contribution in [-0.2, 0) is 21.5 Å². The van der Waals surface area contributed by atoms with E-state index in [0.717, 1.165) is 28.9 Å². The minimum atomic E-state index is -1.07. The first-order valence-electron chi connectivity index (χ1n) is 9.75. The topological polar surface area (TPSA) is 69.7 Å². The van der Waals surface area contributed by atoms with Gasteiger partial charge in [-0.15, -0.1) is 6.58 Å². The molecular weight excluding hydrogens is 366 g/mol. The Labute approximate surface area is 169 Å². The highest BCUT2D eigenvalue weighted by atomic mass is 16.2. The van der Waals surface area contributed by atoms with Crippen LogP contribution in [0.4, 0.5) is 10.5 Å². The summed E-state index contributed by atoms with van der Waals surface area (Å²) in [6.45, 7) is 3.69. The SMILES string of the molecule is C=CCN(C(=O)CN1C(=O)N[C@]2(CCCc3ccccc32)C1=O)c1ccccc1. The molecule has 4 amide bonds.